The van der Waals surface area contributed by atoms with Crippen LogP contribution in [0.2, 0.25) is 5.15 Å². The van der Waals surface area contributed by atoms with Gasteiger partial charge in [-0.1, -0.05) is 11.6 Å². The Kier molecular flexibility index (Phi) is 4.09. The van der Waals surface area contributed by atoms with Crippen LogP contribution in [0, 0.1) is 11.3 Å². The van der Waals surface area contributed by atoms with Crippen LogP contribution in [-0.4, -0.2) is 29.4 Å². The number of nitrogens with two attached hydrogens (primary N) is 1. The van der Waals surface area contributed by atoms with Gasteiger partial charge in [0.05, 0.1) is 29.9 Å². The molecule has 6 heteroatoms. The highest BCUT2D eigenvalue weighted by Crippen LogP contribution is 2.17. The molecule has 1 aromatic heterocycles. The predicted octanol–water partition coefficient (Wildman–Crippen LogP) is 1.30. The van der Waals surface area contributed by atoms with Crippen LogP contribution in [-0.2, 0) is 0 Å². The van der Waals surface area contributed by atoms with E-state index < -0.39 is 0 Å². The van der Waals surface area contributed by atoms with Crippen molar-refractivity contribution in [2.24, 2.45) is 0 Å². The number of halogens is 1. The molecule has 0 radical (unpaired) electrons. The lowest BCUT2D eigenvalue weighted by molar-refractivity contribution is 0.0798. The van der Waals surface area contributed by atoms with E-state index in [0.29, 0.717) is 12.2 Å². The Morgan fingerprint density at radius 2 is 2.44 bits per heavy atom. The molecule has 1 amide bonds. The fraction of sp³-hybridized carbons (Fsp3) is 0.300. The number of pyridine rings is 1. The molecule has 0 unspecified atom stereocenters. The van der Waals surface area contributed by atoms with Crippen molar-refractivity contribution in [1.29, 1.82) is 5.26 Å². The first kappa shape index (κ1) is 12.3. The summed E-state index contributed by atoms with van der Waals surface area (Å²) in [5, 5.41) is 8.53. The van der Waals surface area contributed by atoms with E-state index in [1.807, 2.05) is 6.07 Å². The van der Waals surface area contributed by atoms with Crippen LogP contribution in [0.15, 0.2) is 12.3 Å². The third-order valence-electron chi connectivity index (χ3n) is 2.00. The zero-order valence-electron chi connectivity index (χ0n) is 8.77. The van der Waals surface area contributed by atoms with Crippen LogP contribution in [0.4, 0.5) is 5.69 Å². The van der Waals surface area contributed by atoms with Gasteiger partial charge in [0.15, 0.2) is 0 Å². The number of anilines is 1. The maximum absolute atomic E-state index is 11.9. The van der Waals surface area contributed by atoms with Gasteiger partial charge in [-0.05, 0) is 6.07 Å². The molecule has 1 heterocycles. The fourth-order valence-electron chi connectivity index (χ4n) is 1.14. The number of amides is 1. The van der Waals surface area contributed by atoms with Gasteiger partial charge in [0.25, 0.3) is 5.91 Å². The van der Waals surface area contributed by atoms with Gasteiger partial charge in [0.1, 0.15) is 5.15 Å². The molecule has 1 aromatic rings. The van der Waals surface area contributed by atoms with Gasteiger partial charge in [-0.15, -0.1) is 0 Å². The predicted molar refractivity (Wildman–Crippen MR) is 60.8 cm³/mol. The first-order chi connectivity index (χ1) is 7.56. The molecular formula is C10H11ClN4O. The number of aromatic nitrogens is 1. The third kappa shape index (κ3) is 2.84. The van der Waals surface area contributed by atoms with E-state index in [2.05, 4.69) is 4.98 Å². The number of nitriles is 1. The monoisotopic (exact) mass is 238 g/mol. The molecule has 0 saturated heterocycles. The highest BCUT2D eigenvalue weighted by Gasteiger charge is 2.15. The van der Waals surface area contributed by atoms with Crippen LogP contribution in [0.5, 0.6) is 0 Å². The Morgan fingerprint density at radius 3 is 3.06 bits per heavy atom. The molecule has 0 spiro atoms. The largest absolute Gasteiger partial charge is 0.397 e. The van der Waals surface area contributed by atoms with Crippen molar-refractivity contribution in [3.05, 3.63) is 23.0 Å². The van der Waals surface area contributed by atoms with Crippen LogP contribution in [0.25, 0.3) is 0 Å². The number of carbonyl (C=O) groups excluding carboxylic acids is 1. The summed E-state index contributed by atoms with van der Waals surface area (Å²) in [5.41, 5.74) is 6.15. The lowest BCUT2D eigenvalue weighted by atomic mass is 10.2. The Morgan fingerprint density at radius 1 is 1.75 bits per heavy atom. The highest BCUT2D eigenvalue weighted by molar-refractivity contribution is 6.32. The van der Waals surface area contributed by atoms with Crippen molar-refractivity contribution in [3.8, 4) is 6.07 Å². The molecule has 0 bridgehead atoms. The summed E-state index contributed by atoms with van der Waals surface area (Å²) in [6, 6.07) is 3.44. The molecule has 0 saturated carbocycles. The summed E-state index contributed by atoms with van der Waals surface area (Å²) < 4.78 is 0. The van der Waals surface area contributed by atoms with Crippen LogP contribution in [0.3, 0.4) is 0 Å². The van der Waals surface area contributed by atoms with E-state index >= 15 is 0 Å². The molecule has 2 N–H and O–H groups in total. The second-order valence-electron chi connectivity index (χ2n) is 3.24. The smallest absolute Gasteiger partial charge is 0.256 e. The number of carbonyl (C=O) groups is 1. The molecule has 0 aliphatic heterocycles. The van der Waals surface area contributed by atoms with Crippen LogP contribution in [0.1, 0.15) is 16.8 Å². The van der Waals surface area contributed by atoms with Gasteiger partial charge in [-0.3, -0.25) is 4.79 Å². The van der Waals surface area contributed by atoms with Gasteiger partial charge in [-0.2, -0.15) is 5.26 Å². The van der Waals surface area contributed by atoms with Crippen molar-refractivity contribution in [2.75, 3.05) is 19.3 Å². The molecular weight excluding hydrogens is 228 g/mol. The van der Waals surface area contributed by atoms with Crippen molar-refractivity contribution in [3.63, 3.8) is 0 Å². The highest BCUT2D eigenvalue weighted by atomic mass is 35.5. The molecule has 16 heavy (non-hydrogen) atoms. The third-order valence-corrected chi connectivity index (χ3v) is 2.30. The van der Waals surface area contributed by atoms with E-state index in [4.69, 9.17) is 22.6 Å². The molecule has 1 rings (SSSR count). The number of nitrogens with zero attached hydrogens (tertiary/aromatic N) is 3. The summed E-state index contributed by atoms with van der Waals surface area (Å²) in [5.74, 6) is -0.292. The van der Waals surface area contributed by atoms with Gasteiger partial charge in [0.2, 0.25) is 0 Å². The minimum Gasteiger partial charge on any atom is -0.397 e. The van der Waals surface area contributed by atoms with Gasteiger partial charge in [0, 0.05) is 13.6 Å². The minimum atomic E-state index is -0.292. The van der Waals surface area contributed by atoms with E-state index in [-0.39, 0.29) is 23.0 Å². The van der Waals surface area contributed by atoms with E-state index in [0.717, 1.165) is 0 Å². The second kappa shape index (κ2) is 5.33. The standard InChI is InChI=1S/C10H11ClN4O/c1-15(4-2-3-12)10(16)8-5-7(13)6-14-9(8)11/h5-6H,2,4,13H2,1H3. The molecule has 84 valence electrons. The Bertz CT molecular complexity index is 441. The minimum absolute atomic E-state index is 0.114. The lowest BCUT2D eigenvalue weighted by Crippen LogP contribution is -2.28. The van der Waals surface area contributed by atoms with Gasteiger partial charge < -0.3 is 10.6 Å². The van der Waals surface area contributed by atoms with Crippen molar-refractivity contribution in [1.82, 2.24) is 9.88 Å². The number of rotatable bonds is 3. The molecule has 0 aromatic carbocycles. The first-order valence-corrected chi connectivity index (χ1v) is 4.97. The van der Waals surface area contributed by atoms with Gasteiger partial charge in [-0.25, -0.2) is 4.98 Å². The maximum atomic E-state index is 11.9. The summed E-state index contributed by atoms with van der Waals surface area (Å²) in [6.07, 6.45) is 1.66. The summed E-state index contributed by atoms with van der Waals surface area (Å²) in [7, 11) is 1.60. The van der Waals surface area contributed by atoms with Crippen LogP contribution < -0.4 is 5.73 Å². The molecule has 5 nitrogen and oxygen atoms in total. The summed E-state index contributed by atoms with van der Waals surface area (Å²) in [6.45, 7) is 0.348. The quantitative estimate of drug-likeness (QED) is 0.805. The molecule has 0 aliphatic carbocycles. The maximum Gasteiger partial charge on any atom is 0.256 e. The van der Waals surface area contributed by atoms with E-state index in [9.17, 15) is 4.79 Å². The molecule has 0 fully saturated rings. The first-order valence-electron chi connectivity index (χ1n) is 4.59. The van der Waals surface area contributed by atoms with E-state index in [1.54, 1.807) is 7.05 Å². The zero-order chi connectivity index (χ0) is 12.1. The normalized spacial score (nSPS) is 9.56. The van der Waals surface area contributed by atoms with Crippen molar-refractivity contribution >= 4 is 23.2 Å². The number of nitrogen functional groups attached to an aromatic ring is 1. The second-order valence-corrected chi connectivity index (χ2v) is 3.60. The average Bonchev–Trinajstić information content (AvgIpc) is 2.28. The Balaban J connectivity index is 2.88. The Hall–Kier alpha value is -1.80. The summed E-state index contributed by atoms with van der Waals surface area (Å²) in [4.78, 5) is 17.1. The summed E-state index contributed by atoms with van der Waals surface area (Å²) >= 11 is 5.79. The molecule has 0 atom stereocenters. The van der Waals surface area contributed by atoms with Crippen LogP contribution >= 0.6 is 11.6 Å². The fourth-order valence-corrected chi connectivity index (χ4v) is 1.32. The van der Waals surface area contributed by atoms with E-state index in [1.165, 1.54) is 17.2 Å². The van der Waals surface area contributed by atoms with Crippen molar-refractivity contribution < 1.29 is 4.79 Å². The topological polar surface area (TPSA) is 83.0 Å². The average molecular weight is 239 g/mol. The Labute approximate surface area is 98.4 Å². The number of hydrogen-bond donors (Lipinski definition) is 1. The number of hydrogen-bond acceptors (Lipinski definition) is 4. The lowest BCUT2D eigenvalue weighted by Gasteiger charge is -2.15. The van der Waals surface area contributed by atoms with Gasteiger partial charge >= 0.3 is 0 Å². The van der Waals surface area contributed by atoms with Crippen molar-refractivity contribution in [2.45, 2.75) is 6.42 Å². The molecule has 0 aliphatic rings. The SMILES string of the molecule is CN(CCC#N)C(=O)c1cc(N)cnc1Cl. The zero-order valence-corrected chi connectivity index (χ0v) is 9.53.